The minimum Gasteiger partial charge on any atom is -0.374 e. The fourth-order valence-electron chi connectivity index (χ4n) is 4.84. The van der Waals surface area contributed by atoms with Gasteiger partial charge in [-0.3, -0.25) is 0 Å². The Labute approximate surface area is 202 Å². The van der Waals surface area contributed by atoms with Crippen molar-refractivity contribution in [2.45, 2.75) is 31.9 Å². The molecule has 6 heteroatoms. The van der Waals surface area contributed by atoms with Gasteiger partial charge in [0.1, 0.15) is 5.82 Å². The molecule has 1 saturated heterocycles. The molecule has 5 rings (SSSR count). The van der Waals surface area contributed by atoms with Gasteiger partial charge in [-0.05, 0) is 31.9 Å². The first-order valence-electron chi connectivity index (χ1n) is 12.1. The van der Waals surface area contributed by atoms with Crippen molar-refractivity contribution >= 4 is 5.82 Å². The minimum atomic E-state index is -0.332. The lowest BCUT2D eigenvalue weighted by atomic mass is 9.84. The van der Waals surface area contributed by atoms with Gasteiger partial charge < -0.3 is 14.5 Å². The van der Waals surface area contributed by atoms with Crippen molar-refractivity contribution in [3.63, 3.8) is 0 Å². The molecule has 2 unspecified atom stereocenters. The molecule has 1 aliphatic carbocycles. The molecule has 2 aromatic rings. The number of rotatable bonds is 6. The SMILES string of the molecule is COC(C)(C)c1ccc(N2CCN(C3=C4C=CC=CC4C(Cc4ccccc4)N=N3)CC2)nc1. The number of hydrogen-bond donors (Lipinski definition) is 0. The lowest BCUT2D eigenvalue weighted by molar-refractivity contribution is 0.0189. The van der Waals surface area contributed by atoms with Gasteiger partial charge in [-0.15, -0.1) is 5.11 Å². The smallest absolute Gasteiger partial charge is 0.154 e. The fourth-order valence-corrected chi connectivity index (χ4v) is 4.84. The van der Waals surface area contributed by atoms with Crippen molar-refractivity contribution in [3.05, 3.63) is 95.5 Å². The molecule has 1 aromatic heterocycles. The van der Waals surface area contributed by atoms with Crippen LogP contribution in [-0.4, -0.2) is 49.2 Å². The Morgan fingerprint density at radius 3 is 2.44 bits per heavy atom. The monoisotopic (exact) mass is 455 g/mol. The maximum Gasteiger partial charge on any atom is 0.154 e. The first-order valence-corrected chi connectivity index (χ1v) is 12.1. The summed E-state index contributed by atoms with van der Waals surface area (Å²) in [4.78, 5) is 9.45. The van der Waals surface area contributed by atoms with E-state index in [2.05, 4.69) is 90.4 Å². The van der Waals surface area contributed by atoms with Gasteiger partial charge in [-0.25, -0.2) is 4.98 Å². The lowest BCUT2D eigenvalue weighted by Gasteiger charge is -2.39. The maximum absolute atomic E-state index is 5.58. The first kappa shape index (κ1) is 22.5. The second-order valence-electron chi connectivity index (χ2n) is 9.61. The van der Waals surface area contributed by atoms with Gasteiger partial charge >= 0.3 is 0 Å². The predicted octanol–water partition coefficient (Wildman–Crippen LogP) is 5.12. The molecule has 0 radical (unpaired) electrons. The van der Waals surface area contributed by atoms with Crippen molar-refractivity contribution in [1.82, 2.24) is 9.88 Å². The quantitative estimate of drug-likeness (QED) is 0.607. The van der Waals surface area contributed by atoms with Crippen molar-refractivity contribution in [1.29, 1.82) is 0 Å². The summed E-state index contributed by atoms with van der Waals surface area (Å²) in [7, 11) is 1.73. The second kappa shape index (κ2) is 9.55. The number of benzene rings is 1. The van der Waals surface area contributed by atoms with E-state index in [0.29, 0.717) is 0 Å². The lowest BCUT2D eigenvalue weighted by Crippen LogP contribution is -2.47. The van der Waals surface area contributed by atoms with Crippen LogP contribution in [0.4, 0.5) is 5.82 Å². The minimum absolute atomic E-state index is 0.141. The summed E-state index contributed by atoms with van der Waals surface area (Å²) in [6, 6.07) is 15.0. The summed E-state index contributed by atoms with van der Waals surface area (Å²) in [6.07, 6.45) is 11.6. The predicted molar refractivity (Wildman–Crippen MR) is 136 cm³/mol. The highest BCUT2D eigenvalue weighted by Crippen LogP contribution is 2.35. The summed E-state index contributed by atoms with van der Waals surface area (Å²) in [5.41, 5.74) is 3.34. The number of methoxy groups -OCH3 is 1. The van der Waals surface area contributed by atoms with Crippen molar-refractivity contribution in [2.24, 2.45) is 16.1 Å². The van der Waals surface area contributed by atoms with Gasteiger partial charge in [0.15, 0.2) is 5.82 Å². The highest BCUT2D eigenvalue weighted by atomic mass is 16.5. The molecule has 6 nitrogen and oxygen atoms in total. The molecule has 2 aliphatic heterocycles. The summed E-state index contributed by atoms with van der Waals surface area (Å²) in [6.45, 7) is 7.73. The molecule has 176 valence electrons. The van der Waals surface area contributed by atoms with Crippen LogP contribution in [0.1, 0.15) is 25.0 Å². The van der Waals surface area contributed by atoms with Crippen LogP contribution in [0.2, 0.25) is 0 Å². The third kappa shape index (κ3) is 4.55. The van der Waals surface area contributed by atoms with Crippen molar-refractivity contribution in [3.8, 4) is 0 Å². The van der Waals surface area contributed by atoms with Crippen LogP contribution in [0.25, 0.3) is 0 Å². The molecule has 0 saturated carbocycles. The Morgan fingerprint density at radius 2 is 1.74 bits per heavy atom. The molecule has 0 N–H and O–H groups in total. The zero-order chi connectivity index (χ0) is 23.5. The summed E-state index contributed by atoms with van der Waals surface area (Å²) >= 11 is 0. The molecule has 1 fully saturated rings. The van der Waals surface area contributed by atoms with E-state index in [1.54, 1.807) is 7.11 Å². The Morgan fingerprint density at radius 1 is 0.971 bits per heavy atom. The number of fused-ring (bicyclic) bond motifs is 1. The number of pyridine rings is 1. The Balaban J connectivity index is 1.27. The van der Waals surface area contributed by atoms with Crippen LogP contribution in [0.5, 0.6) is 0 Å². The number of anilines is 1. The van der Waals surface area contributed by atoms with Gasteiger partial charge in [-0.1, -0.05) is 60.7 Å². The van der Waals surface area contributed by atoms with Crippen LogP contribution in [-0.2, 0) is 16.8 Å². The van der Waals surface area contributed by atoms with E-state index in [-0.39, 0.29) is 17.6 Å². The molecule has 0 bridgehead atoms. The highest BCUT2D eigenvalue weighted by Gasteiger charge is 2.32. The second-order valence-corrected chi connectivity index (χ2v) is 9.61. The fraction of sp³-hybridized carbons (Fsp3) is 0.393. The first-order chi connectivity index (χ1) is 16.5. The molecule has 1 aromatic carbocycles. The van der Waals surface area contributed by atoms with Crippen molar-refractivity contribution < 1.29 is 4.74 Å². The maximum atomic E-state index is 5.58. The van der Waals surface area contributed by atoms with Crippen LogP contribution < -0.4 is 4.90 Å². The molecular weight excluding hydrogens is 422 g/mol. The summed E-state index contributed by atoms with van der Waals surface area (Å²) in [5.74, 6) is 2.31. The zero-order valence-corrected chi connectivity index (χ0v) is 20.3. The zero-order valence-electron chi connectivity index (χ0n) is 20.3. The van der Waals surface area contributed by atoms with Gasteiger partial charge in [-0.2, -0.15) is 5.11 Å². The Hall–Kier alpha value is -3.25. The van der Waals surface area contributed by atoms with E-state index in [1.165, 1.54) is 11.1 Å². The van der Waals surface area contributed by atoms with Gasteiger partial charge in [0, 0.05) is 56.5 Å². The number of hydrogen-bond acceptors (Lipinski definition) is 6. The molecule has 0 amide bonds. The van der Waals surface area contributed by atoms with Gasteiger partial charge in [0.2, 0.25) is 0 Å². The molecule has 3 aliphatic rings. The Bertz CT molecular complexity index is 1110. The molecule has 2 atom stereocenters. The third-order valence-electron chi connectivity index (χ3n) is 7.18. The topological polar surface area (TPSA) is 53.3 Å². The summed E-state index contributed by atoms with van der Waals surface area (Å²) in [5, 5.41) is 9.54. The molecule has 3 heterocycles. The van der Waals surface area contributed by atoms with Crippen LogP contribution >= 0.6 is 0 Å². The Kier molecular flexibility index (Phi) is 6.33. The van der Waals surface area contributed by atoms with Gasteiger partial charge in [0.25, 0.3) is 0 Å². The van der Waals surface area contributed by atoms with E-state index < -0.39 is 0 Å². The largest absolute Gasteiger partial charge is 0.374 e. The average Bonchev–Trinajstić information content (AvgIpc) is 2.90. The van der Waals surface area contributed by atoms with E-state index >= 15 is 0 Å². The van der Waals surface area contributed by atoms with Crippen molar-refractivity contribution in [2.75, 3.05) is 38.2 Å². The molecule has 34 heavy (non-hydrogen) atoms. The molecule has 0 spiro atoms. The standard InChI is InChI=1S/C28H33N5O/c1-28(2,34-3)22-13-14-26(29-20-22)32-15-17-33(18-16-32)27-24-12-8-7-11-23(24)25(30-31-27)19-21-9-5-4-6-10-21/h4-14,20,23,25H,15-19H2,1-3H3. The van der Waals surface area contributed by atoms with E-state index in [1.807, 2.05) is 6.20 Å². The van der Waals surface area contributed by atoms with Crippen LogP contribution in [0.3, 0.4) is 0 Å². The third-order valence-corrected chi connectivity index (χ3v) is 7.18. The summed E-state index contributed by atoms with van der Waals surface area (Å²) < 4.78 is 5.58. The van der Waals surface area contributed by atoms with Crippen LogP contribution in [0.15, 0.2) is 94.6 Å². The highest BCUT2D eigenvalue weighted by molar-refractivity contribution is 5.43. The number of aromatic nitrogens is 1. The number of allylic oxidation sites excluding steroid dienone is 3. The van der Waals surface area contributed by atoms with Crippen LogP contribution in [0, 0.1) is 5.92 Å². The average molecular weight is 456 g/mol. The number of piperazine rings is 1. The number of ether oxygens (including phenoxy) is 1. The van der Waals surface area contributed by atoms with E-state index in [0.717, 1.165) is 49.8 Å². The van der Waals surface area contributed by atoms with E-state index in [4.69, 9.17) is 19.9 Å². The molecular formula is C28H33N5O. The number of nitrogens with zero attached hydrogens (tertiary/aromatic N) is 5. The normalized spacial score (nSPS) is 22.3. The van der Waals surface area contributed by atoms with E-state index in [9.17, 15) is 0 Å². The number of azo groups is 1. The van der Waals surface area contributed by atoms with Gasteiger partial charge in [0.05, 0.1) is 11.6 Å².